The second kappa shape index (κ2) is 3.83. The number of halogens is 1. The van der Waals surface area contributed by atoms with Crippen LogP contribution in [0.5, 0.6) is 0 Å². The summed E-state index contributed by atoms with van der Waals surface area (Å²) < 4.78 is 1.81. The lowest BCUT2D eigenvalue weighted by Gasteiger charge is -2.10. The van der Waals surface area contributed by atoms with Crippen LogP contribution in [-0.4, -0.2) is 9.78 Å². The summed E-state index contributed by atoms with van der Waals surface area (Å²) in [6.45, 7) is 5.84. The standard InChI is InChI=1S/C12H14ClN3/c1-7-5-4-6-10(14)12(7)16-9(3)11(13)8(2)15-16/h4-6H,14H2,1-3H3. The molecule has 2 rings (SSSR count). The Morgan fingerprint density at radius 2 is 1.94 bits per heavy atom. The van der Waals surface area contributed by atoms with Crippen molar-refractivity contribution in [3.05, 3.63) is 40.2 Å². The van der Waals surface area contributed by atoms with E-state index >= 15 is 0 Å². The van der Waals surface area contributed by atoms with Crippen molar-refractivity contribution in [2.24, 2.45) is 0 Å². The first-order valence-electron chi connectivity index (χ1n) is 5.09. The van der Waals surface area contributed by atoms with Gasteiger partial charge in [0.2, 0.25) is 0 Å². The Kier molecular flexibility index (Phi) is 2.64. The van der Waals surface area contributed by atoms with Gasteiger partial charge in [0.15, 0.2) is 0 Å². The third kappa shape index (κ3) is 1.57. The maximum atomic E-state index is 6.13. The fraction of sp³-hybridized carbons (Fsp3) is 0.250. The maximum Gasteiger partial charge on any atom is 0.0907 e. The molecule has 3 nitrogen and oxygen atoms in total. The monoisotopic (exact) mass is 235 g/mol. The molecule has 16 heavy (non-hydrogen) atoms. The molecule has 2 N–H and O–H groups in total. The average molecular weight is 236 g/mol. The highest BCUT2D eigenvalue weighted by Gasteiger charge is 2.13. The molecule has 0 aliphatic heterocycles. The third-order valence-corrected chi connectivity index (χ3v) is 3.23. The van der Waals surface area contributed by atoms with E-state index in [0.29, 0.717) is 10.7 Å². The zero-order valence-electron chi connectivity index (χ0n) is 9.58. The fourth-order valence-electron chi connectivity index (χ4n) is 1.81. The zero-order chi connectivity index (χ0) is 11.9. The Bertz CT molecular complexity index is 523. The van der Waals surface area contributed by atoms with Crippen molar-refractivity contribution in [1.82, 2.24) is 9.78 Å². The van der Waals surface area contributed by atoms with Crippen molar-refractivity contribution in [2.45, 2.75) is 20.8 Å². The Labute approximate surface area is 99.8 Å². The summed E-state index contributed by atoms with van der Waals surface area (Å²) in [5.74, 6) is 0. The van der Waals surface area contributed by atoms with Gasteiger partial charge < -0.3 is 5.73 Å². The summed E-state index contributed by atoms with van der Waals surface area (Å²) in [5, 5.41) is 5.10. The molecule has 0 aliphatic rings. The van der Waals surface area contributed by atoms with Crippen molar-refractivity contribution in [2.75, 3.05) is 5.73 Å². The largest absolute Gasteiger partial charge is 0.397 e. The van der Waals surface area contributed by atoms with Gasteiger partial charge in [-0.2, -0.15) is 5.10 Å². The quantitative estimate of drug-likeness (QED) is 0.773. The number of anilines is 1. The second-order valence-corrected chi connectivity index (χ2v) is 4.29. The molecule has 0 unspecified atom stereocenters. The lowest BCUT2D eigenvalue weighted by Crippen LogP contribution is -2.05. The number of hydrogen-bond acceptors (Lipinski definition) is 2. The second-order valence-electron chi connectivity index (χ2n) is 3.91. The van der Waals surface area contributed by atoms with E-state index in [-0.39, 0.29) is 0 Å². The number of nitrogens with two attached hydrogens (primary N) is 1. The molecule has 4 heteroatoms. The molecule has 84 valence electrons. The number of rotatable bonds is 1. The van der Waals surface area contributed by atoms with Crippen LogP contribution in [0.4, 0.5) is 5.69 Å². The van der Waals surface area contributed by atoms with Crippen LogP contribution in [-0.2, 0) is 0 Å². The summed E-state index contributed by atoms with van der Waals surface area (Å²) in [4.78, 5) is 0. The molecule has 1 aromatic carbocycles. The van der Waals surface area contributed by atoms with E-state index in [2.05, 4.69) is 5.10 Å². The van der Waals surface area contributed by atoms with E-state index in [9.17, 15) is 0 Å². The molecule has 0 spiro atoms. The Balaban J connectivity index is 2.72. The van der Waals surface area contributed by atoms with E-state index in [1.807, 2.05) is 43.7 Å². The summed E-state index contributed by atoms with van der Waals surface area (Å²) in [5.41, 5.74) is 10.4. The first kappa shape index (κ1) is 11.0. The average Bonchev–Trinajstić information content (AvgIpc) is 2.47. The molecule has 0 saturated carbocycles. The van der Waals surface area contributed by atoms with Gasteiger partial charge in [0.1, 0.15) is 0 Å². The van der Waals surface area contributed by atoms with Crippen LogP contribution in [0.1, 0.15) is 17.0 Å². The van der Waals surface area contributed by atoms with Gasteiger partial charge in [-0.15, -0.1) is 0 Å². The highest BCUT2D eigenvalue weighted by molar-refractivity contribution is 6.31. The van der Waals surface area contributed by atoms with E-state index in [1.54, 1.807) is 0 Å². The topological polar surface area (TPSA) is 43.8 Å². The number of aryl methyl sites for hydroxylation is 2. The van der Waals surface area contributed by atoms with E-state index in [4.69, 9.17) is 17.3 Å². The molecule has 0 fully saturated rings. The highest BCUT2D eigenvalue weighted by Crippen LogP contribution is 2.27. The van der Waals surface area contributed by atoms with E-state index < -0.39 is 0 Å². The minimum Gasteiger partial charge on any atom is -0.397 e. The van der Waals surface area contributed by atoms with Gasteiger partial charge >= 0.3 is 0 Å². The lowest BCUT2D eigenvalue weighted by molar-refractivity contribution is 0.830. The van der Waals surface area contributed by atoms with Gasteiger partial charge in [0, 0.05) is 0 Å². The molecular formula is C12H14ClN3. The number of para-hydroxylation sites is 1. The van der Waals surface area contributed by atoms with Gasteiger partial charge in [-0.1, -0.05) is 23.7 Å². The SMILES string of the molecule is Cc1cccc(N)c1-n1nc(C)c(Cl)c1C. The van der Waals surface area contributed by atoms with Crippen LogP contribution in [0.15, 0.2) is 18.2 Å². The number of nitrogen functional groups attached to an aromatic ring is 1. The normalized spacial score (nSPS) is 10.8. The van der Waals surface area contributed by atoms with Crippen molar-refractivity contribution in [3.63, 3.8) is 0 Å². The molecule has 2 aromatic rings. The van der Waals surface area contributed by atoms with Crippen molar-refractivity contribution < 1.29 is 0 Å². The molecule has 0 bridgehead atoms. The zero-order valence-corrected chi connectivity index (χ0v) is 10.3. The Morgan fingerprint density at radius 1 is 1.25 bits per heavy atom. The lowest BCUT2D eigenvalue weighted by atomic mass is 10.1. The number of nitrogens with zero attached hydrogens (tertiary/aromatic N) is 2. The van der Waals surface area contributed by atoms with Crippen molar-refractivity contribution in [1.29, 1.82) is 0 Å². The first-order valence-corrected chi connectivity index (χ1v) is 5.47. The van der Waals surface area contributed by atoms with Crippen LogP contribution in [0.3, 0.4) is 0 Å². The van der Waals surface area contributed by atoms with Crippen LogP contribution in [0, 0.1) is 20.8 Å². The number of hydrogen-bond donors (Lipinski definition) is 1. The minimum atomic E-state index is 0.697. The highest BCUT2D eigenvalue weighted by atomic mass is 35.5. The molecule has 0 radical (unpaired) electrons. The van der Waals surface area contributed by atoms with Crippen LogP contribution in [0.2, 0.25) is 5.02 Å². The Morgan fingerprint density at radius 3 is 2.44 bits per heavy atom. The van der Waals surface area contributed by atoms with Crippen molar-refractivity contribution in [3.8, 4) is 5.69 Å². The van der Waals surface area contributed by atoms with Gasteiger partial charge in [-0.3, -0.25) is 0 Å². The number of aromatic nitrogens is 2. The maximum absolute atomic E-state index is 6.13. The van der Waals surface area contributed by atoms with Crippen LogP contribution >= 0.6 is 11.6 Å². The number of benzene rings is 1. The van der Waals surface area contributed by atoms with Gasteiger partial charge in [-0.25, -0.2) is 4.68 Å². The third-order valence-electron chi connectivity index (χ3n) is 2.68. The van der Waals surface area contributed by atoms with Gasteiger partial charge in [0.05, 0.1) is 27.8 Å². The smallest absolute Gasteiger partial charge is 0.0907 e. The summed E-state index contributed by atoms with van der Waals surface area (Å²) >= 11 is 6.13. The van der Waals surface area contributed by atoms with E-state index in [0.717, 1.165) is 22.6 Å². The molecule has 0 amide bonds. The van der Waals surface area contributed by atoms with Crippen LogP contribution in [0.25, 0.3) is 5.69 Å². The molecular weight excluding hydrogens is 222 g/mol. The predicted octanol–water partition coefficient (Wildman–Crippen LogP) is 3.03. The summed E-state index contributed by atoms with van der Waals surface area (Å²) in [6.07, 6.45) is 0. The van der Waals surface area contributed by atoms with Gasteiger partial charge in [-0.05, 0) is 32.4 Å². The molecule has 0 atom stereocenters. The predicted molar refractivity (Wildman–Crippen MR) is 67.2 cm³/mol. The molecule has 1 aromatic heterocycles. The Hall–Kier alpha value is -1.48. The molecule has 0 saturated heterocycles. The molecule has 0 aliphatic carbocycles. The molecule has 1 heterocycles. The first-order chi connectivity index (χ1) is 7.52. The van der Waals surface area contributed by atoms with Gasteiger partial charge in [0.25, 0.3) is 0 Å². The summed E-state index contributed by atoms with van der Waals surface area (Å²) in [7, 11) is 0. The van der Waals surface area contributed by atoms with Crippen molar-refractivity contribution >= 4 is 17.3 Å². The fourth-order valence-corrected chi connectivity index (χ4v) is 1.93. The van der Waals surface area contributed by atoms with Crippen LogP contribution < -0.4 is 5.73 Å². The minimum absolute atomic E-state index is 0.697. The van der Waals surface area contributed by atoms with E-state index in [1.165, 1.54) is 0 Å². The summed E-state index contributed by atoms with van der Waals surface area (Å²) in [6, 6.07) is 5.81.